The lowest BCUT2D eigenvalue weighted by Crippen LogP contribution is -2.34. The Labute approximate surface area is 162 Å². The van der Waals surface area contributed by atoms with Crippen molar-refractivity contribution in [2.45, 2.75) is 70.8 Å². The predicted molar refractivity (Wildman–Crippen MR) is 108 cm³/mol. The molecule has 1 aromatic carbocycles. The highest BCUT2D eigenvalue weighted by Gasteiger charge is 2.15. The first-order valence-electron chi connectivity index (χ1n) is 10.2. The molecular weight excluding hydrogens is 336 g/mol. The number of carboxylic acids is 1. The highest BCUT2D eigenvalue weighted by Crippen LogP contribution is 2.18. The fourth-order valence-electron chi connectivity index (χ4n) is 3.23. The molecule has 2 rings (SSSR count). The van der Waals surface area contributed by atoms with E-state index in [4.69, 9.17) is 0 Å². The topological polar surface area (TPSA) is 58.0 Å². The molecule has 4 heteroatoms. The SMILES string of the molecule is CCCCCCCCCC/C=C/c1cnn(C(C(=O)[O-])c2ccccc2)c1. The van der Waals surface area contributed by atoms with E-state index in [1.807, 2.05) is 24.3 Å². The Morgan fingerprint density at radius 3 is 2.41 bits per heavy atom. The molecule has 2 aromatic rings. The van der Waals surface area contributed by atoms with Gasteiger partial charge in [0.05, 0.1) is 12.2 Å². The van der Waals surface area contributed by atoms with E-state index in [0.29, 0.717) is 5.56 Å². The summed E-state index contributed by atoms with van der Waals surface area (Å²) < 4.78 is 1.46. The molecule has 27 heavy (non-hydrogen) atoms. The van der Waals surface area contributed by atoms with Crippen LogP contribution in [-0.2, 0) is 4.79 Å². The van der Waals surface area contributed by atoms with E-state index in [1.54, 1.807) is 24.5 Å². The van der Waals surface area contributed by atoms with Gasteiger partial charge < -0.3 is 9.90 Å². The summed E-state index contributed by atoms with van der Waals surface area (Å²) in [7, 11) is 0. The van der Waals surface area contributed by atoms with Gasteiger partial charge >= 0.3 is 0 Å². The average molecular weight is 368 g/mol. The number of hydrogen-bond donors (Lipinski definition) is 0. The summed E-state index contributed by atoms with van der Waals surface area (Å²) in [6, 6.07) is 8.15. The van der Waals surface area contributed by atoms with Gasteiger partial charge in [-0.2, -0.15) is 5.10 Å². The lowest BCUT2D eigenvalue weighted by atomic mass is 10.1. The third kappa shape index (κ3) is 7.41. The molecule has 1 heterocycles. The number of carbonyl (C=O) groups excluding carboxylic acids is 1. The largest absolute Gasteiger partial charge is 0.547 e. The number of carbonyl (C=O) groups is 1. The number of carboxylic acid groups (broad SMARTS) is 1. The number of allylic oxidation sites excluding steroid dienone is 1. The van der Waals surface area contributed by atoms with E-state index in [9.17, 15) is 9.90 Å². The summed E-state index contributed by atoms with van der Waals surface area (Å²) in [5.41, 5.74) is 1.58. The number of rotatable bonds is 13. The van der Waals surface area contributed by atoms with Gasteiger partial charge in [-0.25, -0.2) is 0 Å². The van der Waals surface area contributed by atoms with Crippen LogP contribution in [0.1, 0.15) is 81.9 Å². The Morgan fingerprint density at radius 1 is 1.07 bits per heavy atom. The predicted octanol–water partition coefficient (Wildman–Crippen LogP) is 4.77. The number of aromatic nitrogens is 2. The number of benzene rings is 1. The summed E-state index contributed by atoms with van der Waals surface area (Å²) in [6.07, 6.45) is 19.2. The maximum absolute atomic E-state index is 11.6. The van der Waals surface area contributed by atoms with Gasteiger partial charge in [-0.3, -0.25) is 4.68 Å². The maximum Gasteiger partial charge on any atom is 0.116 e. The van der Waals surface area contributed by atoms with Gasteiger partial charge in [0.25, 0.3) is 0 Å². The zero-order chi connectivity index (χ0) is 19.3. The van der Waals surface area contributed by atoms with Crippen molar-refractivity contribution in [1.82, 2.24) is 9.78 Å². The van der Waals surface area contributed by atoms with Crippen LogP contribution in [0.2, 0.25) is 0 Å². The molecule has 146 valence electrons. The minimum atomic E-state index is -1.15. The van der Waals surface area contributed by atoms with Crippen LogP contribution in [0.4, 0.5) is 0 Å². The molecule has 1 aromatic heterocycles. The Balaban J connectivity index is 1.76. The third-order valence-corrected chi connectivity index (χ3v) is 4.76. The first kappa shape index (κ1) is 20.9. The molecule has 0 saturated heterocycles. The van der Waals surface area contributed by atoms with Crippen molar-refractivity contribution < 1.29 is 9.90 Å². The number of hydrogen-bond acceptors (Lipinski definition) is 3. The molecule has 0 bridgehead atoms. The average Bonchev–Trinajstić information content (AvgIpc) is 3.12. The van der Waals surface area contributed by atoms with Gasteiger partial charge in [0.15, 0.2) is 0 Å². The summed E-state index contributed by atoms with van der Waals surface area (Å²) in [5, 5.41) is 15.8. The molecule has 0 fully saturated rings. The minimum Gasteiger partial charge on any atom is -0.547 e. The van der Waals surface area contributed by atoms with Crippen molar-refractivity contribution in [3.05, 3.63) is 59.9 Å². The van der Waals surface area contributed by atoms with Gasteiger partial charge in [0, 0.05) is 11.8 Å². The lowest BCUT2D eigenvalue weighted by Gasteiger charge is -2.18. The highest BCUT2D eigenvalue weighted by molar-refractivity contribution is 5.73. The number of nitrogens with zero attached hydrogens (tertiary/aromatic N) is 2. The van der Waals surface area contributed by atoms with Crippen LogP contribution >= 0.6 is 0 Å². The van der Waals surface area contributed by atoms with E-state index >= 15 is 0 Å². The molecular formula is C23H31N2O2-. The van der Waals surface area contributed by atoms with E-state index in [-0.39, 0.29) is 0 Å². The number of aliphatic carboxylic acids is 1. The second-order valence-corrected chi connectivity index (χ2v) is 7.05. The van der Waals surface area contributed by atoms with Gasteiger partial charge in [-0.1, -0.05) is 94.4 Å². The zero-order valence-corrected chi connectivity index (χ0v) is 16.3. The zero-order valence-electron chi connectivity index (χ0n) is 16.3. The quantitative estimate of drug-likeness (QED) is 0.479. The first-order valence-corrected chi connectivity index (χ1v) is 10.2. The van der Waals surface area contributed by atoms with Crippen molar-refractivity contribution in [2.75, 3.05) is 0 Å². The van der Waals surface area contributed by atoms with Gasteiger partial charge in [0.2, 0.25) is 0 Å². The van der Waals surface area contributed by atoms with Crippen molar-refractivity contribution in [2.24, 2.45) is 0 Å². The van der Waals surface area contributed by atoms with Crippen molar-refractivity contribution in [1.29, 1.82) is 0 Å². The molecule has 0 spiro atoms. The molecule has 1 unspecified atom stereocenters. The van der Waals surface area contributed by atoms with Gasteiger partial charge in [0.1, 0.15) is 6.04 Å². The Kier molecular flexibility index (Phi) is 9.39. The first-order chi connectivity index (χ1) is 13.2. The minimum absolute atomic E-state index is 0.662. The second-order valence-electron chi connectivity index (χ2n) is 7.05. The summed E-state index contributed by atoms with van der Waals surface area (Å²) in [4.78, 5) is 11.6. The third-order valence-electron chi connectivity index (χ3n) is 4.76. The van der Waals surface area contributed by atoms with E-state index in [0.717, 1.165) is 12.0 Å². The Bertz CT molecular complexity index is 691. The van der Waals surface area contributed by atoms with Crippen LogP contribution in [0.25, 0.3) is 6.08 Å². The Morgan fingerprint density at radius 2 is 1.74 bits per heavy atom. The van der Waals surface area contributed by atoms with Crippen molar-refractivity contribution in [3.63, 3.8) is 0 Å². The van der Waals surface area contributed by atoms with Crippen LogP contribution in [0.15, 0.2) is 48.8 Å². The normalized spacial score (nSPS) is 12.5. The smallest absolute Gasteiger partial charge is 0.116 e. The lowest BCUT2D eigenvalue weighted by molar-refractivity contribution is -0.309. The summed E-state index contributed by atoms with van der Waals surface area (Å²) in [6.45, 7) is 2.25. The summed E-state index contributed by atoms with van der Waals surface area (Å²) in [5.74, 6) is -1.15. The highest BCUT2D eigenvalue weighted by atomic mass is 16.4. The van der Waals surface area contributed by atoms with Crippen molar-refractivity contribution in [3.8, 4) is 0 Å². The molecule has 0 aliphatic carbocycles. The molecule has 4 nitrogen and oxygen atoms in total. The Hall–Kier alpha value is -2.36. The standard InChI is InChI=1S/C23H32N2O2/c1-2-3-4-5-6-7-8-9-10-12-15-20-18-24-25(19-20)22(23(26)27)21-16-13-11-14-17-21/h11-19,22H,2-10H2,1H3,(H,26,27)/p-1/b15-12+. The molecule has 0 saturated carbocycles. The van der Waals surface area contributed by atoms with E-state index in [2.05, 4.69) is 18.1 Å². The fraction of sp³-hybridized carbons (Fsp3) is 0.478. The van der Waals surface area contributed by atoms with Crippen LogP contribution in [0, 0.1) is 0 Å². The second kappa shape index (κ2) is 12.1. The molecule has 0 aliphatic heterocycles. The van der Waals surface area contributed by atoms with Crippen LogP contribution in [0.5, 0.6) is 0 Å². The summed E-state index contributed by atoms with van der Waals surface area (Å²) >= 11 is 0. The molecule has 1 atom stereocenters. The fourth-order valence-corrected chi connectivity index (χ4v) is 3.23. The van der Waals surface area contributed by atoms with Gasteiger partial charge in [-0.05, 0) is 18.4 Å². The molecule has 0 amide bonds. The van der Waals surface area contributed by atoms with E-state index < -0.39 is 12.0 Å². The van der Waals surface area contributed by atoms with E-state index in [1.165, 1.54) is 56.0 Å². The maximum atomic E-state index is 11.6. The molecule has 0 N–H and O–H groups in total. The monoisotopic (exact) mass is 367 g/mol. The van der Waals surface area contributed by atoms with Crippen LogP contribution < -0.4 is 5.11 Å². The number of unbranched alkanes of at least 4 members (excludes halogenated alkanes) is 8. The van der Waals surface area contributed by atoms with Gasteiger partial charge in [-0.15, -0.1) is 0 Å². The van der Waals surface area contributed by atoms with Crippen molar-refractivity contribution >= 4 is 12.0 Å². The molecule has 0 aliphatic rings. The van der Waals surface area contributed by atoms with Crippen LogP contribution in [0.3, 0.4) is 0 Å². The van der Waals surface area contributed by atoms with Crippen LogP contribution in [-0.4, -0.2) is 15.7 Å². The molecule has 0 radical (unpaired) electrons.